The predicted molar refractivity (Wildman–Crippen MR) is 104 cm³/mol. The van der Waals surface area contributed by atoms with Crippen LogP contribution in [0.4, 0.5) is 0 Å². The number of nitrogens with one attached hydrogen (secondary N) is 1. The number of likely N-dealkylation sites (N-methyl/N-ethyl adjacent to an activating group) is 1. The minimum Gasteiger partial charge on any atom is -0.403 e. The SMILES string of the molecule is CN(C)CCNC1=CC(B2OC(C)(C)C(C)(C)O2)C2CCC=CC2=N1. The summed E-state index contributed by atoms with van der Waals surface area (Å²) in [5.74, 6) is 1.51. The van der Waals surface area contributed by atoms with E-state index in [1.165, 1.54) is 0 Å². The zero-order valence-corrected chi connectivity index (χ0v) is 16.5. The van der Waals surface area contributed by atoms with Crippen molar-refractivity contribution >= 4 is 12.8 Å². The Balaban J connectivity index is 1.80. The summed E-state index contributed by atoms with van der Waals surface area (Å²) in [6.45, 7) is 10.3. The molecule has 0 spiro atoms. The molecule has 0 aromatic heterocycles. The average molecular weight is 345 g/mol. The molecule has 0 aromatic rings. The highest BCUT2D eigenvalue weighted by molar-refractivity contribution is 6.49. The fourth-order valence-corrected chi connectivity index (χ4v) is 3.56. The van der Waals surface area contributed by atoms with Gasteiger partial charge in [-0.2, -0.15) is 0 Å². The van der Waals surface area contributed by atoms with Gasteiger partial charge in [-0.05, 0) is 66.8 Å². The van der Waals surface area contributed by atoms with Gasteiger partial charge in [0.15, 0.2) is 0 Å². The predicted octanol–water partition coefficient (Wildman–Crippen LogP) is 2.86. The maximum absolute atomic E-state index is 6.36. The largest absolute Gasteiger partial charge is 0.466 e. The first kappa shape index (κ1) is 18.7. The third-order valence-electron chi connectivity index (χ3n) is 5.83. The van der Waals surface area contributed by atoms with Crippen LogP contribution < -0.4 is 5.32 Å². The molecule has 2 atom stereocenters. The van der Waals surface area contributed by atoms with E-state index in [0.29, 0.717) is 5.92 Å². The second-order valence-corrected chi connectivity index (χ2v) is 8.61. The van der Waals surface area contributed by atoms with Gasteiger partial charge in [0.05, 0.1) is 11.2 Å². The average Bonchev–Trinajstić information content (AvgIpc) is 2.74. The summed E-state index contributed by atoms with van der Waals surface area (Å²) in [4.78, 5) is 7.01. The van der Waals surface area contributed by atoms with Crippen molar-refractivity contribution in [3.8, 4) is 0 Å². The second-order valence-electron chi connectivity index (χ2n) is 8.61. The number of aliphatic imine (C=N–C) groups is 1. The molecule has 0 aromatic carbocycles. The van der Waals surface area contributed by atoms with Gasteiger partial charge in [-0.15, -0.1) is 0 Å². The van der Waals surface area contributed by atoms with Crippen LogP contribution in [-0.4, -0.2) is 56.1 Å². The van der Waals surface area contributed by atoms with Gasteiger partial charge in [-0.25, -0.2) is 4.99 Å². The summed E-state index contributed by atoms with van der Waals surface area (Å²) in [5, 5.41) is 3.47. The van der Waals surface area contributed by atoms with Crippen LogP contribution in [0.5, 0.6) is 0 Å². The van der Waals surface area contributed by atoms with Crippen molar-refractivity contribution < 1.29 is 9.31 Å². The van der Waals surface area contributed by atoms with Crippen LogP contribution in [0.15, 0.2) is 29.0 Å². The lowest BCUT2D eigenvalue weighted by atomic mass is 9.60. The Bertz CT molecular complexity index is 579. The highest BCUT2D eigenvalue weighted by Gasteiger charge is 2.55. The van der Waals surface area contributed by atoms with Crippen molar-refractivity contribution in [3.63, 3.8) is 0 Å². The summed E-state index contributed by atoms with van der Waals surface area (Å²) < 4.78 is 12.7. The maximum Gasteiger partial charge on any atom is 0.466 e. The molecule has 2 heterocycles. The molecule has 3 rings (SSSR count). The summed E-state index contributed by atoms with van der Waals surface area (Å²) in [6.07, 6.45) is 8.82. The van der Waals surface area contributed by atoms with E-state index in [1.54, 1.807) is 0 Å². The van der Waals surface area contributed by atoms with Crippen LogP contribution in [0.1, 0.15) is 40.5 Å². The van der Waals surface area contributed by atoms with Crippen molar-refractivity contribution in [2.75, 3.05) is 27.2 Å². The standard InChI is InChI=1S/C19H32BN3O2/c1-18(2)19(3,4)25-20(24-18)15-13-17(21-11-12-23(5)6)22-16-10-8-7-9-14(15)16/h8,10,13-15,21H,7,9,11-12H2,1-6H3. The van der Waals surface area contributed by atoms with E-state index < -0.39 is 0 Å². The van der Waals surface area contributed by atoms with E-state index in [0.717, 1.165) is 37.5 Å². The topological polar surface area (TPSA) is 46.1 Å². The van der Waals surface area contributed by atoms with E-state index in [-0.39, 0.29) is 24.1 Å². The summed E-state index contributed by atoms with van der Waals surface area (Å²) in [6, 6.07) is 0. The van der Waals surface area contributed by atoms with Crippen molar-refractivity contribution in [3.05, 3.63) is 24.0 Å². The van der Waals surface area contributed by atoms with Gasteiger partial charge in [0.25, 0.3) is 0 Å². The van der Waals surface area contributed by atoms with Crippen molar-refractivity contribution in [2.24, 2.45) is 10.9 Å². The Morgan fingerprint density at radius 2 is 1.92 bits per heavy atom. The van der Waals surface area contributed by atoms with Crippen LogP contribution in [0.25, 0.3) is 0 Å². The van der Waals surface area contributed by atoms with Crippen LogP contribution in [0.3, 0.4) is 0 Å². The normalized spacial score (nSPS) is 30.1. The number of allylic oxidation sites excluding steroid dienone is 3. The molecule has 138 valence electrons. The first-order valence-electron chi connectivity index (χ1n) is 9.41. The fraction of sp³-hybridized carbons (Fsp3) is 0.737. The number of rotatable bonds is 5. The minimum atomic E-state index is -0.302. The van der Waals surface area contributed by atoms with Gasteiger partial charge < -0.3 is 19.5 Å². The van der Waals surface area contributed by atoms with E-state index in [9.17, 15) is 0 Å². The molecule has 25 heavy (non-hydrogen) atoms. The van der Waals surface area contributed by atoms with Gasteiger partial charge in [-0.1, -0.05) is 6.08 Å². The van der Waals surface area contributed by atoms with Crippen LogP contribution in [-0.2, 0) is 9.31 Å². The smallest absolute Gasteiger partial charge is 0.403 e. The van der Waals surface area contributed by atoms with Crippen molar-refractivity contribution in [1.82, 2.24) is 10.2 Å². The quantitative estimate of drug-likeness (QED) is 0.779. The third-order valence-corrected chi connectivity index (χ3v) is 5.83. The molecule has 0 bridgehead atoms. The first-order chi connectivity index (χ1) is 11.7. The number of hydrogen-bond acceptors (Lipinski definition) is 5. The highest BCUT2D eigenvalue weighted by Crippen LogP contribution is 2.45. The molecule has 1 fully saturated rings. The monoisotopic (exact) mass is 345 g/mol. The van der Waals surface area contributed by atoms with E-state index >= 15 is 0 Å². The number of hydrogen-bond donors (Lipinski definition) is 1. The Morgan fingerprint density at radius 3 is 2.56 bits per heavy atom. The zero-order chi connectivity index (χ0) is 18.2. The molecule has 1 saturated heterocycles. The third kappa shape index (κ3) is 3.86. The molecular weight excluding hydrogens is 313 g/mol. The van der Waals surface area contributed by atoms with Gasteiger partial charge in [0, 0.05) is 30.5 Å². The summed E-state index contributed by atoms with van der Waals surface area (Å²) in [5.41, 5.74) is 0.549. The molecule has 2 unspecified atom stereocenters. The second kappa shape index (κ2) is 6.90. The fourth-order valence-electron chi connectivity index (χ4n) is 3.56. The summed E-state index contributed by atoms with van der Waals surface area (Å²) in [7, 11) is 3.93. The molecule has 5 nitrogen and oxygen atoms in total. The maximum atomic E-state index is 6.36. The van der Waals surface area contributed by atoms with Gasteiger partial charge in [-0.3, -0.25) is 0 Å². The van der Waals surface area contributed by atoms with E-state index in [4.69, 9.17) is 14.3 Å². The van der Waals surface area contributed by atoms with Crippen LogP contribution in [0.2, 0.25) is 5.82 Å². The molecule has 1 N–H and O–H groups in total. The zero-order valence-electron chi connectivity index (χ0n) is 16.5. The summed E-state index contributed by atoms with van der Waals surface area (Å²) >= 11 is 0. The molecular formula is C19H32BN3O2. The molecule has 2 aliphatic heterocycles. The molecule has 1 aliphatic carbocycles. The van der Waals surface area contributed by atoms with Crippen LogP contribution >= 0.6 is 0 Å². The molecule has 0 radical (unpaired) electrons. The van der Waals surface area contributed by atoms with Crippen molar-refractivity contribution in [1.29, 1.82) is 0 Å². The van der Waals surface area contributed by atoms with Gasteiger partial charge >= 0.3 is 7.12 Å². The van der Waals surface area contributed by atoms with Crippen molar-refractivity contribution in [2.45, 2.75) is 57.6 Å². The Labute approximate surface area is 152 Å². The molecule has 0 amide bonds. The van der Waals surface area contributed by atoms with Gasteiger partial charge in [0.1, 0.15) is 5.82 Å². The Hall–Kier alpha value is -1.11. The number of fused-ring (bicyclic) bond motifs is 1. The number of nitrogens with zero attached hydrogens (tertiary/aromatic N) is 2. The lowest BCUT2D eigenvalue weighted by molar-refractivity contribution is 0.00578. The highest BCUT2D eigenvalue weighted by atomic mass is 16.7. The lowest BCUT2D eigenvalue weighted by Crippen LogP contribution is -2.41. The Morgan fingerprint density at radius 1 is 1.24 bits per heavy atom. The lowest BCUT2D eigenvalue weighted by Gasteiger charge is -2.32. The molecule has 3 aliphatic rings. The van der Waals surface area contributed by atoms with Crippen LogP contribution in [0, 0.1) is 5.92 Å². The Kier molecular flexibility index (Phi) is 5.15. The molecule has 6 heteroatoms. The first-order valence-corrected chi connectivity index (χ1v) is 9.41. The van der Waals surface area contributed by atoms with Gasteiger partial charge in [0.2, 0.25) is 0 Å². The van der Waals surface area contributed by atoms with E-state index in [2.05, 4.69) is 70.2 Å². The minimum absolute atomic E-state index is 0.195. The van der Waals surface area contributed by atoms with E-state index in [1.807, 2.05) is 0 Å². The molecule has 0 saturated carbocycles.